The minimum atomic E-state index is -4.94. The molecule has 2 rings (SSSR count). The molecule has 0 spiro atoms. The smallest absolute Gasteiger partial charge is 0.418 e. The molecule has 1 atom stereocenters. The number of nitrogens with one attached hydrogen (secondary N) is 2. The van der Waals surface area contributed by atoms with Crippen molar-refractivity contribution in [2.45, 2.75) is 25.6 Å². The molecule has 174 valence electrons. The third-order valence-corrected chi connectivity index (χ3v) is 4.87. The van der Waals surface area contributed by atoms with Crippen LogP contribution in [0.3, 0.4) is 0 Å². The molecule has 0 saturated heterocycles. The van der Waals surface area contributed by atoms with Crippen LogP contribution in [0.4, 0.5) is 30.2 Å². The largest absolute Gasteiger partial charge is 0.748 e. The number of hydrogen-bond acceptors (Lipinski definition) is 6. The number of halogens is 4. The first-order valence-corrected chi connectivity index (χ1v) is 10.7. The van der Waals surface area contributed by atoms with Crippen LogP contribution in [0, 0.1) is 5.21 Å². The van der Waals surface area contributed by atoms with E-state index in [4.69, 9.17) is 4.74 Å². The molecule has 32 heavy (non-hydrogen) atoms. The Morgan fingerprint density at radius 2 is 1.72 bits per heavy atom. The van der Waals surface area contributed by atoms with E-state index in [-0.39, 0.29) is 20.6 Å². The van der Waals surface area contributed by atoms with Crippen molar-refractivity contribution in [1.29, 1.82) is 0 Å². The molecule has 0 aliphatic rings. The molecule has 13 heteroatoms. The van der Waals surface area contributed by atoms with Gasteiger partial charge in [0.15, 0.2) is 5.60 Å². The van der Waals surface area contributed by atoms with Gasteiger partial charge in [0.1, 0.15) is 12.4 Å². The molecule has 0 heterocycles. The average Bonchev–Trinajstić information content (AvgIpc) is 2.71. The Balaban J connectivity index is 2.10. The zero-order chi connectivity index (χ0) is 24.1. The van der Waals surface area contributed by atoms with Crippen molar-refractivity contribution in [3.63, 3.8) is 0 Å². The minimum Gasteiger partial charge on any atom is -0.748 e. The van der Waals surface area contributed by atoms with E-state index in [1.807, 2.05) is 0 Å². The van der Waals surface area contributed by atoms with E-state index in [9.17, 15) is 36.1 Å². The van der Waals surface area contributed by atoms with Crippen molar-refractivity contribution in [1.82, 2.24) is 0 Å². The van der Waals surface area contributed by atoms with E-state index in [0.29, 0.717) is 11.8 Å². The minimum absolute atomic E-state index is 0.255. The van der Waals surface area contributed by atoms with Gasteiger partial charge >= 0.3 is 6.18 Å². The Kier molecular flexibility index (Phi) is 8.14. The molecule has 2 aromatic rings. The third-order valence-electron chi connectivity index (χ3n) is 4.00. The standard InChI is InChI=1S/C19H18F3IN3O6/c1-11(27)24-12-3-6-14(7-4-12)32-10-18(2,29)17(28)25-13-5-8-16(26(31)23-30)15(9-13)19(20,21)22/h3-9,29H,10H2,1-2H3,(H,24,27)(H,25,28)/q-1/t18-/m0/s1. The van der Waals surface area contributed by atoms with Crippen molar-refractivity contribution in [3.05, 3.63) is 53.2 Å². The second-order valence-electron chi connectivity index (χ2n) is 6.77. The van der Waals surface area contributed by atoms with Crippen LogP contribution in [0.2, 0.25) is 0 Å². The number of benzene rings is 2. The topological polar surface area (TPSA) is 131 Å². The molecule has 9 nitrogen and oxygen atoms in total. The van der Waals surface area contributed by atoms with Crippen LogP contribution in [-0.4, -0.2) is 29.1 Å². The summed E-state index contributed by atoms with van der Waals surface area (Å²) >= 11 is -2.42. The number of carbonyl (C=O) groups excluding carboxylic acids is 2. The SMILES string of the molecule is CC(=O)Nc1ccc(OC[C@](C)(O)C(=O)Nc2ccc(N([O-])I=O)c(C(F)(F)F)c2)cc1. The molecular formula is C19H18F3IN3O6-. The lowest BCUT2D eigenvalue weighted by atomic mass is 10.1. The second-order valence-corrected chi connectivity index (χ2v) is 8.04. The van der Waals surface area contributed by atoms with E-state index < -0.39 is 57.0 Å². The molecule has 0 aliphatic carbocycles. The lowest BCUT2D eigenvalue weighted by Gasteiger charge is -2.26. The molecule has 0 bridgehead atoms. The van der Waals surface area contributed by atoms with Crippen molar-refractivity contribution in [2.24, 2.45) is 0 Å². The monoisotopic (exact) mass is 568 g/mol. The predicted octanol–water partition coefficient (Wildman–Crippen LogP) is 3.97. The second kappa shape index (κ2) is 10.2. The zero-order valence-electron chi connectivity index (χ0n) is 16.7. The van der Waals surface area contributed by atoms with Gasteiger partial charge in [-0.15, -0.1) is 0 Å². The highest BCUT2D eigenvalue weighted by molar-refractivity contribution is 14.1. The summed E-state index contributed by atoms with van der Waals surface area (Å²) in [7, 11) is 0. The van der Waals surface area contributed by atoms with Gasteiger partial charge < -0.3 is 29.0 Å². The van der Waals surface area contributed by atoms with Gasteiger partial charge in [0.05, 0.1) is 5.56 Å². The normalized spacial score (nSPS) is 13.1. The summed E-state index contributed by atoms with van der Waals surface area (Å²) in [4.78, 5) is 23.4. The number of anilines is 3. The van der Waals surface area contributed by atoms with Crippen LogP contribution >= 0.6 is 21.5 Å². The van der Waals surface area contributed by atoms with Crippen LogP contribution in [0.15, 0.2) is 42.5 Å². The van der Waals surface area contributed by atoms with E-state index in [1.54, 1.807) is 0 Å². The maximum absolute atomic E-state index is 13.2. The first kappa shape index (κ1) is 25.5. The summed E-state index contributed by atoms with van der Waals surface area (Å²) < 4.78 is 55.6. The van der Waals surface area contributed by atoms with Crippen molar-refractivity contribution < 1.29 is 35.7 Å². The van der Waals surface area contributed by atoms with Gasteiger partial charge in [0.2, 0.25) is 5.91 Å². The first-order chi connectivity index (χ1) is 14.8. The highest BCUT2D eigenvalue weighted by Crippen LogP contribution is 2.39. The maximum Gasteiger partial charge on any atom is 0.418 e. The molecule has 0 unspecified atom stereocenters. The molecule has 2 aromatic carbocycles. The van der Waals surface area contributed by atoms with Crippen LogP contribution in [0.1, 0.15) is 19.4 Å². The van der Waals surface area contributed by atoms with Gasteiger partial charge in [0.25, 0.3) is 27.4 Å². The summed E-state index contributed by atoms with van der Waals surface area (Å²) in [6.07, 6.45) is -4.94. The molecule has 0 radical (unpaired) electrons. The highest BCUT2D eigenvalue weighted by atomic mass is 127. The summed E-state index contributed by atoms with van der Waals surface area (Å²) in [5.41, 5.74) is -4.16. The van der Waals surface area contributed by atoms with Gasteiger partial charge in [-0.2, -0.15) is 13.2 Å². The van der Waals surface area contributed by atoms with Crippen molar-refractivity contribution >= 4 is 50.3 Å². The van der Waals surface area contributed by atoms with Gasteiger partial charge in [-0.25, -0.2) is 3.07 Å². The summed E-state index contributed by atoms with van der Waals surface area (Å²) in [6, 6.07) is 8.36. The van der Waals surface area contributed by atoms with Crippen LogP contribution < -0.4 is 18.6 Å². The summed E-state index contributed by atoms with van der Waals surface area (Å²) in [5.74, 6) is -1.05. The fourth-order valence-electron chi connectivity index (χ4n) is 2.42. The molecular weight excluding hydrogens is 550 g/mol. The van der Waals surface area contributed by atoms with Gasteiger partial charge in [-0.3, -0.25) is 9.59 Å². The van der Waals surface area contributed by atoms with E-state index >= 15 is 0 Å². The zero-order valence-corrected chi connectivity index (χ0v) is 18.9. The fraction of sp³-hybridized carbons (Fsp3) is 0.263. The van der Waals surface area contributed by atoms with Crippen molar-refractivity contribution in [2.75, 3.05) is 20.5 Å². The first-order valence-electron chi connectivity index (χ1n) is 8.83. The molecule has 3 N–H and O–H groups in total. The van der Waals surface area contributed by atoms with Gasteiger partial charge in [-0.1, -0.05) is 0 Å². The number of rotatable bonds is 8. The van der Waals surface area contributed by atoms with Gasteiger partial charge in [0, 0.05) is 24.0 Å². The Hall–Kier alpha value is -2.78. The molecule has 2 amide bonds. The average molecular weight is 568 g/mol. The van der Waals surface area contributed by atoms with Crippen molar-refractivity contribution in [3.8, 4) is 5.75 Å². The predicted molar refractivity (Wildman–Crippen MR) is 117 cm³/mol. The van der Waals surface area contributed by atoms with Crippen LogP contribution in [0.5, 0.6) is 5.75 Å². The number of hydrogen-bond donors (Lipinski definition) is 3. The lowest BCUT2D eigenvalue weighted by molar-refractivity contribution is -0.137. The van der Waals surface area contributed by atoms with Crippen LogP contribution in [0.25, 0.3) is 0 Å². The Labute approximate surface area is 191 Å². The Morgan fingerprint density at radius 1 is 1.12 bits per heavy atom. The maximum atomic E-state index is 13.2. The highest BCUT2D eigenvalue weighted by Gasteiger charge is 2.36. The van der Waals surface area contributed by atoms with Crippen LogP contribution in [-0.2, 0) is 18.8 Å². The number of aliphatic hydroxyl groups is 1. The molecule has 0 saturated carbocycles. The summed E-state index contributed by atoms with van der Waals surface area (Å²) in [6.45, 7) is 1.92. The van der Waals surface area contributed by atoms with Gasteiger partial charge in [-0.05, 0) is 49.4 Å². The van der Waals surface area contributed by atoms with E-state index in [1.165, 1.54) is 31.2 Å². The summed E-state index contributed by atoms with van der Waals surface area (Å²) in [5, 5.41) is 26.5. The number of alkyl halides is 3. The quantitative estimate of drug-likeness (QED) is 0.250. The number of nitrogens with zero attached hydrogens (tertiary/aromatic N) is 1. The third kappa shape index (κ3) is 6.86. The lowest BCUT2D eigenvalue weighted by Crippen LogP contribution is -2.45. The molecule has 0 aromatic heterocycles. The Bertz CT molecular complexity index is 999. The molecule has 0 aliphatic heterocycles. The van der Waals surface area contributed by atoms with E-state index in [2.05, 4.69) is 10.6 Å². The Morgan fingerprint density at radius 3 is 2.25 bits per heavy atom. The number of ether oxygens (including phenoxy) is 1. The molecule has 0 fully saturated rings. The number of amides is 2. The van der Waals surface area contributed by atoms with E-state index in [0.717, 1.165) is 19.1 Å². The fourth-order valence-corrected chi connectivity index (χ4v) is 3.06. The number of carbonyl (C=O) groups is 2.